The molecule has 118 valence electrons. The molecule has 0 bridgehead atoms. The fraction of sp³-hybridized carbons (Fsp3) is 0.643. The van der Waals surface area contributed by atoms with E-state index in [9.17, 15) is 18.0 Å². The molecule has 0 spiro atoms. The number of hydrogen-bond acceptors (Lipinski definition) is 2. The largest absolute Gasteiger partial charge is 0.391 e. The van der Waals surface area contributed by atoms with Crippen LogP contribution in [0.25, 0.3) is 0 Å². The van der Waals surface area contributed by atoms with Crippen LogP contribution < -0.4 is 10.6 Å². The van der Waals surface area contributed by atoms with Crippen molar-refractivity contribution in [1.82, 2.24) is 15.6 Å². The average Bonchev–Trinajstić information content (AvgIpc) is 3.05. The number of hydrogen-bond donors (Lipinski definition) is 3. The number of aromatic amines is 1. The second-order valence-corrected chi connectivity index (χ2v) is 5.46. The number of aromatic nitrogens is 1. The maximum Gasteiger partial charge on any atom is 0.391 e. The Labute approximate surface area is 121 Å². The van der Waals surface area contributed by atoms with E-state index in [-0.39, 0.29) is 12.6 Å². The van der Waals surface area contributed by atoms with Crippen LogP contribution in [0.5, 0.6) is 0 Å². The van der Waals surface area contributed by atoms with Crippen molar-refractivity contribution in [2.75, 3.05) is 0 Å². The zero-order valence-electron chi connectivity index (χ0n) is 11.7. The summed E-state index contributed by atoms with van der Waals surface area (Å²) in [4.78, 5) is 14.9. The van der Waals surface area contributed by atoms with Gasteiger partial charge in [0.15, 0.2) is 0 Å². The van der Waals surface area contributed by atoms with Crippen LogP contribution in [-0.4, -0.2) is 29.2 Å². The number of carbonyl (C=O) groups excluding carboxylic acids is 1. The van der Waals surface area contributed by atoms with E-state index < -0.39 is 24.5 Å². The molecule has 1 amide bonds. The summed E-state index contributed by atoms with van der Waals surface area (Å²) in [5.41, 5.74) is 0.816. The Morgan fingerprint density at radius 1 is 1.38 bits per heavy atom. The van der Waals surface area contributed by atoms with Crippen molar-refractivity contribution >= 4 is 5.91 Å². The smallest absolute Gasteiger partial charge is 0.367 e. The van der Waals surface area contributed by atoms with E-state index in [0.717, 1.165) is 31.2 Å². The van der Waals surface area contributed by atoms with Crippen LogP contribution in [0, 0.1) is 0 Å². The number of nitrogens with one attached hydrogen (secondary N) is 3. The molecule has 1 aromatic rings. The van der Waals surface area contributed by atoms with Crippen molar-refractivity contribution in [3.05, 3.63) is 24.0 Å². The minimum Gasteiger partial charge on any atom is -0.367 e. The first kappa shape index (κ1) is 15.9. The maximum atomic E-state index is 12.6. The molecule has 1 heterocycles. The Morgan fingerprint density at radius 2 is 2.10 bits per heavy atom. The van der Waals surface area contributed by atoms with Gasteiger partial charge in [0.05, 0.1) is 12.5 Å². The number of rotatable bonds is 6. The molecule has 4 nitrogen and oxygen atoms in total. The zero-order valence-corrected chi connectivity index (χ0v) is 11.7. The molecule has 1 aliphatic rings. The molecule has 0 aliphatic heterocycles. The van der Waals surface area contributed by atoms with Gasteiger partial charge in [-0.1, -0.05) is 12.8 Å². The van der Waals surface area contributed by atoms with Crippen LogP contribution in [0.4, 0.5) is 13.2 Å². The summed E-state index contributed by atoms with van der Waals surface area (Å²) < 4.78 is 37.9. The monoisotopic (exact) mass is 303 g/mol. The first-order valence-corrected chi connectivity index (χ1v) is 7.16. The molecule has 0 saturated heterocycles. The lowest BCUT2D eigenvalue weighted by atomic mass is 10.1. The van der Waals surface area contributed by atoms with E-state index in [0.29, 0.717) is 0 Å². The second kappa shape index (κ2) is 6.98. The molecule has 2 rings (SSSR count). The number of H-pyrrole nitrogens is 1. The molecule has 0 unspecified atom stereocenters. The van der Waals surface area contributed by atoms with Gasteiger partial charge in [-0.3, -0.25) is 4.79 Å². The Balaban J connectivity index is 1.91. The topological polar surface area (TPSA) is 56.9 Å². The second-order valence-electron chi connectivity index (χ2n) is 5.46. The fourth-order valence-corrected chi connectivity index (χ4v) is 2.57. The van der Waals surface area contributed by atoms with E-state index in [1.54, 1.807) is 18.5 Å². The van der Waals surface area contributed by atoms with Crippen LogP contribution >= 0.6 is 0 Å². The summed E-state index contributed by atoms with van der Waals surface area (Å²) >= 11 is 0. The molecular weight excluding hydrogens is 283 g/mol. The number of alkyl halides is 3. The number of amides is 1. The van der Waals surface area contributed by atoms with Crippen molar-refractivity contribution in [1.29, 1.82) is 0 Å². The van der Waals surface area contributed by atoms with E-state index in [2.05, 4.69) is 15.6 Å². The molecule has 1 atom stereocenters. The molecule has 1 aliphatic carbocycles. The van der Waals surface area contributed by atoms with Gasteiger partial charge in [0.2, 0.25) is 5.91 Å². The Hall–Kier alpha value is -1.50. The average molecular weight is 303 g/mol. The Morgan fingerprint density at radius 3 is 2.67 bits per heavy atom. The lowest BCUT2D eigenvalue weighted by molar-refractivity contribution is -0.149. The third kappa shape index (κ3) is 5.41. The fourth-order valence-electron chi connectivity index (χ4n) is 2.57. The minimum absolute atomic E-state index is 0.0160. The van der Waals surface area contributed by atoms with Gasteiger partial charge in [-0.05, 0) is 24.5 Å². The summed E-state index contributed by atoms with van der Waals surface area (Å²) in [5.74, 6) is -0.560. The highest BCUT2D eigenvalue weighted by molar-refractivity contribution is 5.82. The quantitative estimate of drug-likeness (QED) is 0.756. The van der Waals surface area contributed by atoms with Crippen molar-refractivity contribution in [2.24, 2.45) is 0 Å². The molecule has 0 radical (unpaired) electrons. The van der Waals surface area contributed by atoms with Crippen LogP contribution in [0.15, 0.2) is 18.5 Å². The lowest BCUT2D eigenvalue weighted by Gasteiger charge is -2.22. The lowest BCUT2D eigenvalue weighted by Crippen LogP contribution is -2.48. The van der Waals surface area contributed by atoms with Gasteiger partial charge in [-0.2, -0.15) is 13.2 Å². The highest BCUT2D eigenvalue weighted by atomic mass is 19.4. The Kier molecular flexibility index (Phi) is 5.27. The standard InChI is InChI=1S/C14H20F3N3O/c15-14(16,17)7-12(19-9-10-5-6-18-8-10)13(21)20-11-3-1-2-4-11/h5-6,8,11-12,18-19H,1-4,7,9H2,(H,20,21)/t12-/m1/s1. The van der Waals surface area contributed by atoms with E-state index in [1.807, 2.05) is 0 Å². The zero-order chi connectivity index (χ0) is 15.3. The third-order valence-corrected chi connectivity index (χ3v) is 3.67. The third-order valence-electron chi connectivity index (χ3n) is 3.67. The van der Waals surface area contributed by atoms with E-state index in [4.69, 9.17) is 0 Å². The van der Waals surface area contributed by atoms with Crippen LogP contribution in [-0.2, 0) is 11.3 Å². The predicted octanol–water partition coefficient (Wildman–Crippen LogP) is 2.48. The molecule has 1 aromatic heterocycles. The van der Waals surface area contributed by atoms with Gasteiger partial charge < -0.3 is 15.6 Å². The highest BCUT2D eigenvalue weighted by Crippen LogP contribution is 2.23. The molecule has 1 saturated carbocycles. The van der Waals surface area contributed by atoms with Gasteiger partial charge in [-0.25, -0.2) is 0 Å². The van der Waals surface area contributed by atoms with Crippen LogP contribution in [0.3, 0.4) is 0 Å². The molecule has 3 N–H and O–H groups in total. The molecular formula is C14H20F3N3O. The first-order chi connectivity index (χ1) is 9.94. The van der Waals surface area contributed by atoms with Gasteiger partial charge in [0.1, 0.15) is 0 Å². The first-order valence-electron chi connectivity index (χ1n) is 7.16. The van der Waals surface area contributed by atoms with Gasteiger partial charge in [-0.15, -0.1) is 0 Å². The van der Waals surface area contributed by atoms with Crippen LogP contribution in [0.1, 0.15) is 37.7 Å². The summed E-state index contributed by atoms with van der Waals surface area (Å²) in [6, 6.07) is 0.523. The molecule has 7 heteroatoms. The van der Waals surface area contributed by atoms with Crippen molar-refractivity contribution in [3.63, 3.8) is 0 Å². The number of carbonyl (C=O) groups is 1. The molecule has 21 heavy (non-hydrogen) atoms. The van der Waals surface area contributed by atoms with Gasteiger partial charge >= 0.3 is 6.18 Å². The normalized spacial score (nSPS) is 17.9. The van der Waals surface area contributed by atoms with E-state index in [1.165, 1.54) is 0 Å². The molecule has 0 aromatic carbocycles. The summed E-state index contributed by atoms with van der Waals surface area (Å²) in [6.45, 7) is 0.225. The summed E-state index contributed by atoms with van der Waals surface area (Å²) in [7, 11) is 0. The van der Waals surface area contributed by atoms with Gasteiger partial charge in [0.25, 0.3) is 0 Å². The highest BCUT2D eigenvalue weighted by Gasteiger charge is 2.35. The number of halogens is 3. The predicted molar refractivity (Wildman–Crippen MR) is 72.5 cm³/mol. The Bertz CT molecular complexity index is 439. The SMILES string of the molecule is O=C(NC1CCCC1)[C@@H](CC(F)(F)F)NCc1cc[nH]c1. The minimum atomic E-state index is -4.37. The van der Waals surface area contributed by atoms with Crippen LogP contribution in [0.2, 0.25) is 0 Å². The molecule has 1 fully saturated rings. The van der Waals surface area contributed by atoms with E-state index >= 15 is 0 Å². The summed E-state index contributed by atoms with van der Waals surface area (Å²) in [5, 5.41) is 5.42. The van der Waals surface area contributed by atoms with Gasteiger partial charge in [0, 0.05) is 25.0 Å². The van der Waals surface area contributed by atoms with Crippen molar-refractivity contribution < 1.29 is 18.0 Å². The maximum absolute atomic E-state index is 12.6. The van der Waals surface area contributed by atoms with Crippen molar-refractivity contribution in [3.8, 4) is 0 Å². The van der Waals surface area contributed by atoms with Crippen molar-refractivity contribution in [2.45, 2.75) is 56.9 Å². The summed E-state index contributed by atoms with van der Waals surface area (Å²) in [6.07, 6.45) is 1.58.